The van der Waals surface area contributed by atoms with Crippen LogP contribution in [0.5, 0.6) is 0 Å². The van der Waals surface area contributed by atoms with Gasteiger partial charge in [-0.1, -0.05) is 0 Å². The summed E-state index contributed by atoms with van der Waals surface area (Å²) < 4.78 is 21.3. The van der Waals surface area contributed by atoms with Crippen LogP contribution in [0.2, 0.25) is 0 Å². The molecule has 1 aliphatic carbocycles. The van der Waals surface area contributed by atoms with Gasteiger partial charge in [0.2, 0.25) is 0 Å². The molecule has 1 aliphatic heterocycles. The minimum atomic E-state index is -1.27. The van der Waals surface area contributed by atoms with Gasteiger partial charge in [-0.15, -0.1) is 16.1 Å². The third kappa shape index (κ3) is 4.83. The van der Waals surface area contributed by atoms with E-state index in [0.29, 0.717) is 6.54 Å². The summed E-state index contributed by atoms with van der Waals surface area (Å²) in [4.78, 5) is 20.6. The molecule has 0 saturated carbocycles. The predicted molar refractivity (Wildman–Crippen MR) is 114 cm³/mol. The second-order valence-electron chi connectivity index (χ2n) is 10.1. The Morgan fingerprint density at radius 1 is 1.32 bits per heavy atom. The van der Waals surface area contributed by atoms with E-state index in [9.17, 15) is 9.35 Å². The number of aromatic nitrogens is 1. The summed E-state index contributed by atoms with van der Waals surface area (Å²) in [6.45, 7) is 14.1. The van der Waals surface area contributed by atoms with Crippen molar-refractivity contribution in [3.05, 3.63) is 15.6 Å². The van der Waals surface area contributed by atoms with Crippen molar-refractivity contribution in [1.82, 2.24) is 14.6 Å². The summed E-state index contributed by atoms with van der Waals surface area (Å²) in [7, 11) is 0. The Kier molecular flexibility index (Phi) is 5.82. The first-order valence-electron chi connectivity index (χ1n) is 9.91. The first kappa shape index (κ1) is 21.9. The normalized spacial score (nSPS) is 26.4. The van der Waals surface area contributed by atoms with Gasteiger partial charge >= 0.3 is 6.09 Å². The second kappa shape index (κ2) is 7.45. The summed E-state index contributed by atoms with van der Waals surface area (Å²) in [6.07, 6.45) is 2.96. The number of nitrogens with one attached hydrogen (secondary N) is 1. The molecule has 28 heavy (non-hydrogen) atoms. The Bertz CT molecular complexity index is 713. The molecular formula is C20H33N3O3S2. The quantitative estimate of drug-likeness (QED) is 0.723. The van der Waals surface area contributed by atoms with Crippen molar-refractivity contribution in [3.8, 4) is 0 Å². The molecule has 3 unspecified atom stereocenters. The monoisotopic (exact) mass is 427 g/mol. The van der Waals surface area contributed by atoms with Gasteiger partial charge in [-0.3, -0.25) is 4.90 Å². The summed E-state index contributed by atoms with van der Waals surface area (Å²) in [6, 6.07) is 0. The van der Waals surface area contributed by atoms with E-state index in [1.54, 1.807) is 16.2 Å². The third-order valence-electron chi connectivity index (χ3n) is 5.28. The molecule has 1 amide bonds. The summed E-state index contributed by atoms with van der Waals surface area (Å²) in [5.41, 5.74) is 0.739. The van der Waals surface area contributed by atoms with E-state index in [-0.39, 0.29) is 17.7 Å². The molecule has 2 heterocycles. The highest BCUT2D eigenvalue weighted by molar-refractivity contribution is 7.90. The lowest BCUT2D eigenvalue weighted by molar-refractivity contribution is -0.00926. The number of carbonyl (C=O) groups is 1. The lowest BCUT2D eigenvalue weighted by Gasteiger charge is -2.45. The zero-order valence-corrected chi connectivity index (χ0v) is 19.7. The van der Waals surface area contributed by atoms with Gasteiger partial charge in [-0.2, -0.15) is 0 Å². The number of thiazole rings is 1. The molecule has 3 atom stereocenters. The molecule has 6 nitrogen and oxygen atoms in total. The number of hydrogen-bond donors (Lipinski definition) is 1. The molecule has 1 aromatic heterocycles. The van der Waals surface area contributed by atoms with Crippen molar-refractivity contribution in [2.45, 2.75) is 90.7 Å². The number of nitrogens with zero attached hydrogens (tertiary/aromatic N) is 2. The molecule has 8 heteroatoms. The fourth-order valence-electron chi connectivity index (χ4n) is 3.95. The molecule has 1 N–H and O–H groups in total. The number of rotatable bonds is 2. The number of piperidine rings is 1. The van der Waals surface area contributed by atoms with Crippen molar-refractivity contribution in [2.75, 3.05) is 6.54 Å². The van der Waals surface area contributed by atoms with Crippen LogP contribution < -0.4 is 4.72 Å². The lowest BCUT2D eigenvalue weighted by atomic mass is 9.75. The SMILES string of the molecule is Cc1nc2c(s1)CC1(CCN(C(=O)OC(C)(C)C)C(N[S+]([O-])C(C)(C)C)C1)C2. The van der Waals surface area contributed by atoms with Crippen LogP contribution in [-0.4, -0.2) is 43.6 Å². The number of fused-ring (bicyclic) bond motifs is 1. The average Bonchev–Trinajstić information content (AvgIpc) is 2.98. The van der Waals surface area contributed by atoms with Gasteiger partial charge < -0.3 is 9.29 Å². The predicted octanol–water partition coefficient (Wildman–Crippen LogP) is 3.95. The van der Waals surface area contributed by atoms with Gasteiger partial charge in [0, 0.05) is 22.8 Å². The Morgan fingerprint density at radius 3 is 2.57 bits per heavy atom. The number of carbonyl (C=O) groups excluding carboxylic acids is 1. The summed E-state index contributed by atoms with van der Waals surface area (Å²) >= 11 is 0.513. The number of hydrogen-bond acceptors (Lipinski definition) is 6. The first-order valence-corrected chi connectivity index (χ1v) is 11.9. The molecule has 0 aromatic carbocycles. The molecule has 1 fully saturated rings. The summed E-state index contributed by atoms with van der Waals surface area (Å²) in [5.74, 6) is 0. The van der Waals surface area contributed by atoms with Gasteiger partial charge in [0.05, 0.1) is 10.7 Å². The Hall–Kier alpha value is -0.830. The number of aryl methyl sites for hydroxylation is 1. The molecule has 2 aliphatic rings. The molecule has 1 saturated heterocycles. The van der Waals surface area contributed by atoms with E-state index in [2.05, 4.69) is 11.6 Å². The Morgan fingerprint density at radius 2 is 2.00 bits per heavy atom. The molecular weight excluding hydrogens is 394 g/mol. The first-order chi connectivity index (χ1) is 12.8. The van der Waals surface area contributed by atoms with Crippen molar-refractivity contribution < 1.29 is 14.1 Å². The van der Waals surface area contributed by atoms with Crippen LogP contribution >= 0.6 is 11.3 Å². The largest absolute Gasteiger partial charge is 0.598 e. The molecule has 1 spiro atoms. The minimum absolute atomic E-state index is 0.0835. The molecule has 1 aromatic rings. The standard InChI is InChI=1S/C20H33N3O3S2/c1-13-21-14-10-20(11-15(14)27-13)8-9-23(17(24)26-18(2,3)4)16(12-20)22-28(25)19(5,6)7/h16,22H,8-12H2,1-7H3. The highest BCUT2D eigenvalue weighted by atomic mass is 32.2. The maximum Gasteiger partial charge on any atom is 0.411 e. The zero-order valence-electron chi connectivity index (χ0n) is 18.0. The van der Waals surface area contributed by atoms with E-state index in [0.717, 1.165) is 30.7 Å². The topological polar surface area (TPSA) is 77.5 Å². The fourth-order valence-corrected chi connectivity index (χ4v) is 5.89. The Balaban J connectivity index is 1.79. The van der Waals surface area contributed by atoms with Crippen molar-refractivity contribution in [2.24, 2.45) is 5.41 Å². The van der Waals surface area contributed by atoms with E-state index in [1.165, 1.54) is 10.6 Å². The third-order valence-corrected chi connectivity index (χ3v) is 7.89. The molecule has 0 radical (unpaired) electrons. The van der Waals surface area contributed by atoms with Crippen LogP contribution in [0.1, 0.15) is 70.0 Å². The Labute approximate surface area is 175 Å². The molecule has 0 bridgehead atoms. The van der Waals surface area contributed by atoms with Crippen molar-refractivity contribution >= 4 is 28.8 Å². The van der Waals surface area contributed by atoms with Crippen LogP contribution in [0.3, 0.4) is 0 Å². The van der Waals surface area contributed by atoms with Gasteiger partial charge in [0.1, 0.15) is 16.5 Å². The van der Waals surface area contributed by atoms with Crippen molar-refractivity contribution in [1.29, 1.82) is 0 Å². The fraction of sp³-hybridized carbons (Fsp3) is 0.800. The lowest BCUT2D eigenvalue weighted by Crippen LogP contribution is -2.60. The van der Waals surface area contributed by atoms with Crippen molar-refractivity contribution in [3.63, 3.8) is 0 Å². The van der Waals surface area contributed by atoms with E-state index in [4.69, 9.17) is 9.72 Å². The smallest absolute Gasteiger partial charge is 0.411 e. The van der Waals surface area contributed by atoms with Gasteiger partial charge in [0.15, 0.2) is 0 Å². The average molecular weight is 428 g/mol. The van der Waals surface area contributed by atoms with Crippen LogP contribution in [-0.2, 0) is 28.9 Å². The highest BCUT2D eigenvalue weighted by Crippen LogP contribution is 2.47. The maximum absolute atomic E-state index is 12.8. The maximum atomic E-state index is 12.8. The van der Waals surface area contributed by atoms with Gasteiger partial charge in [0.25, 0.3) is 0 Å². The van der Waals surface area contributed by atoms with Crippen LogP contribution in [0.25, 0.3) is 0 Å². The van der Waals surface area contributed by atoms with E-state index >= 15 is 0 Å². The van der Waals surface area contributed by atoms with E-state index < -0.39 is 21.7 Å². The van der Waals surface area contributed by atoms with E-state index in [1.807, 2.05) is 41.5 Å². The number of likely N-dealkylation sites (tertiary alicyclic amines) is 1. The zero-order chi connectivity index (χ0) is 20.9. The van der Waals surface area contributed by atoms with Crippen LogP contribution in [0, 0.1) is 12.3 Å². The molecule has 158 valence electrons. The second-order valence-corrected chi connectivity index (χ2v) is 13.4. The van der Waals surface area contributed by atoms with Crippen LogP contribution in [0.4, 0.5) is 4.79 Å². The molecule has 3 rings (SSSR count). The van der Waals surface area contributed by atoms with Crippen LogP contribution in [0.15, 0.2) is 0 Å². The number of amides is 1. The number of ether oxygens (including phenoxy) is 1. The summed E-state index contributed by atoms with van der Waals surface area (Å²) in [5, 5.41) is 1.12. The van der Waals surface area contributed by atoms with Gasteiger partial charge in [-0.25, -0.2) is 9.78 Å². The van der Waals surface area contributed by atoms with Gasteiger partial charge in [-0.05, 0) is 79.6 Å². The highest BCUT2D eigenvalue weighted by Gasteiger charge is 2.48. The minimum Gasteiger partial charge on any atom is -0.598 e.